The maximum absolute atomic E-state index is 13.2. The number of furan rings is 1. The van der Waals surface area contributed by atoms with Crippen LogP contribution in [0, 0.1) is 0 Å². The molecule has 2 aliphatic rings. The van der Waals surface area contributed by atoms with E-state index in [1.807, 2.05) is 0 Å². The van der Waals surface area contributed by atoms with Crippen LogP contribution in [-0.2, 0) is 35.3 Å². The van der Waals surface area contributed by atoms with Gasteiger partial charge >= 0.3 is 12.1 Å². The Hall–Kier alpha value is -4.46. The molecule has 38 heavy (non-hydrogen) atoms. The second-order valence-corrected chi connectivity index (χ2v) is 9.05. The Labute approximate surface area is 220 Å². The Morgan fingerprint density at radius 2 is 1.92 bits per heavy atom. The van der Waals surface area contributed by atoms with Crippen LogP contribution in [0.2, 0.25) is 0 Å². The lowest BCUT2D eigenvalue weighted by Gasteiger charge is -2.49. The van der Waals surface area contributed by atoms with Gasteiger partial charge in [0.25, 0.3) is 11.8 Å². The van der Waals surface area contributed by atoms with E-state index in [0.29, 0.717) is 16.9 Å². The number of methoxy groups -OCH3 is 1. The van der Waals surface area contributed by atoms with Gasteiger partial charge in [0, 0.05) is 11.3 Å². The smallest absolute Gasteiger partial charge is 0.404 e. The minimum Gasteiger partial charge on any atom is -0.497 e. The Balaban J connectivity index is 1.50. The molecule has 200 valence electrons. The predicted octanol–water partition coefficient (Wildman–Crippen LogP) is 1.13. The number of nitrogens with zero attached hydrogens (tertiary/aromatic N) is 2. The molecule has 2 aromatic rings. The summed E-state index contributed by atoms with van der Waals surface area (Å²) in [7, 11) is 2.81. The highest BCUT2D eigenvalue weighted by Crippen LogP contribution is 2.41. The highest BCUT2D eigenvalue weighted by atomic mass is 32.2. The lowest BCUT2D eigenvalue weighted by Crippen LogP contribution is -2.71. The van der Waals surface area contributed by atoms with E-state index in [0.717, 1.165) is 0 Å². The van der Waals surface area contributed by atoms with Crippen molar-refractivity contribution in [1.29, 1.82) is 0 Å². The van der Waals surface area contributed by atoms with Crippen molar-refractivity contribution in [2.45, 2.75) is 18.0 Å². The van der Waals surface area contributed by atoms with Gasteiger partial charge in [-0.15, -0.1) is 11.8 Å². The zero-order valence-corrected chi connectivity index (χ0v) is 21.2. The van der Waals surface area contributed by atoms with E-state index >= 15 is 0 Å². The van der Waals surface area contributed by atoms with Crippen molar-refractivity contribution in [2.24, 2.45) is 10.9 Å². The minimum atomic E-state index is -1.03. The number of rotatable bonds is 10. The fraction of sp³-hybridized carbons (Fsp3) is 0.292. The summed E-state index contributed by atoms with van der Waals surface area (Å²) in [5.41, 5.74) is 5.91. The van der Waals surface area contributed by atoms with Crippen molar-refractivity contribution in [3.8, 4) is 5.75 Å². The molecular weight excluding hydrogens is 520 g/mol. The van der Waals surface area contributed by atoms with Gasteiger partial charge in [0.2, 0.25) is 5.71 Å². The van der Waals surface area contributed by atoms with Crippen LogP contribution in [0.15, 0.2) is 63.5 Å². The number of nitrogens with one attached hydrogen (secondary N) is 1. The van der Waals surface area contributed by atoms with E-state index in [1.54, 1.807) is 30.3 Å². The number of primary amides is 1. The van der Waals surface area contributed by atoms with E-state index in [-0.39, 0.29) is 36.1 Å². The Morgan fingerprint density at radius 1 is 1.16 bits per heavy atom. The number of ether oxygens (including phenoxy) is 3. The number of β-lactam (4-membered cyclic amide) rings is 1. The quantitative estimate of drug-likeness (QED) is 0.191. The first kappa shape index (κ1) is 26.6. The summed E-state index contributed by atoms with van der Waals surface area (Å²) in [6.07, 6.45) is 0.337. The van der Waals surface area contributed by atoms with Gasteiger partial charge < -0.3 is 34.5 Å². The van der Waals surface area contributed by atoms with Crippen molar-refractivity contribution in [3.05, 3.63) is 65.3 Å². The molecule has 3 N–H and O–H groups in total. The lowest BCUT2D eigenvalue weighted by atomic mass is 10.0. The van der Waals surface area contributed by atoms with Gasteiger partial charge in [0.1, 0.15) is 43.2 Å². The summed E-state index contributed by atoms with van der Waals surface area (Å²) in [4.78, 5) is 56.3. The van der Waals surface area contributed by atoms with Crippen LogP contribution in [0.1, 0.15) is 11.3 Å². The monoisotopic (exact) mass is 544 g/mol. The van der Waals surface area contributed by atoms with Crippen molar-refractivity contribution in [2.75, 3.05) is 26.6 Å². The number of benzene rings is 1. The average Bonchev–Trinajstić information content (AvgIpc) is 3.46. The fourth-order valence-electron chi connectivity index (χ4n) is 3.79. The van der Waals surface area contributed by atoms with Gasteiger partial charge in [0.05, 0.1) is 13.4 Å². The third kappa shape index (κ3) is 5.59. The summed E-state index contributed by atoms with van der Waals surface area (Å²) < 4.78 is 20.7. The number of thioether (sulfide) groups is 1. The number of carbonyl (C=O) groups is 4. The predicted molar refractivity (Wildman–Crippen MR) is 133 cm³/mol. The molecule has 1 fully saturated rings. The standard InChI is InChI=1S/C24H24N4O9S/c1-33-15-7-5-13(6-8-15)10-36-23(31)19-14(11-37-24(25)32)12-38-22-18(21(30)28(19)22)26-20(29)17(27-34-2)16-4-3-9-35-16/h3-9,18,22H,10-12H2,1-2H3,(H2,25,32)(H,26,29)/b27-17+/t18-,22-/m1/s1. The van der Waals surface area contributed by atoms with Gasteiger partial charge in [-0.2, -0.15) is 0 Å². The summed E-state index contributed by atoms with van der Waals surface area (Å²) in [6, 6.07) is 9.03. The molecule has 1 aromatic heterocycles. The highest BCUT2D eigenvalue weighted by Gasteiger charge is 2.54. The zero-order valence-electron chi connectivity index (χ0n) is 20.4. The van der Waals surface area contributed by atoms with Gasteiger partial charge in [-0.05, 0) is 29.8 Å². The van der Waals surface area contributed by atoms with Gasteiger partial charge in [0.15, 0.2) is 5.76 Å². The second kappa shape index (κ2) is 11.7. The van der Waals surface area contributed by atoms with Gasteiger partial charge in [-0.3, -0.25) is 14.5 Å². The summed E-state index contributed by atoms with van der Waals surface area (Å²) in [5, 5.41) is 5.69. The molecule has 14 heteroatoms. The Morgan fingerprint density at radius 3 is 2.55 bits per heavy atom. The van der Waals surface area contributed by atoms with Crippen molar-refractivity contribution < 1.29 is 42.6 Å². The van der Waals surface area contributed by atoms with Gasteiger partial charge in [-0.25, -0.2) is 9.59 Å². The molecule has 4 rings (SSSR count). The first-order valence-corrected chi connectivity index (χ1v) is 12.2. The normalized spacial score (nSPS) is 18.7. The molecule has 2 atom stereocenters. The summed E-state index contributed by atoms with van der Waals surface area (Å²) in [6.45, 7) is -0.373. The molecule has 2 aliphatic heterocycles. The van der Waals surface area contributed by atoms with E-state index in [1.165, 1.54) is 43.2 Å². The summed E-state index contributed by atoms with van der Waals surface area (Å²) >= 11 is 1.27. The summed E-state index contributed by atoms with van der Waals surface area (Å²) in [5.74, 6) is -1.03. The highest BCUT2D eigenvalue weighted by molar-refractivity contribution is 8.00. The van der Waals surface area contributed by atoms with Crippen LogP contribution >= 0.6 is 11.8 Å². The second-order valence-electron chi connectivity index (χ2n) is 7.94. The minimum absolute atomic E-state index is 0.0594. The largest absolute Gasteiger partial charge is 0.497 e. The molecule has 0 unspecified atom stereocenters. The van der Waals surface area contributed by atoms with E-state index in [2.05, 4.69) is 10.5 Å². The number of amides is 3. The van der Waals surface area contributed by atoms with Crippen LogP contribution in [-0.4, -0.2) is 72.5 Å². The third-order valence-electron chi connectivity index (χ3n) is 5.60. The number of hydrogen-bond donors (Lipinski definition) is 2. The van der Waals surface area contributed by atoms with Gasteiger partial charge in [-0.1, -0.05) is 17.3 Å². The molecule has 0 saturated carbocycles. The lowest BCUT2D eigenvalue weighted by molar-refractivity contribution is -0.153. The Bertz CT molecular complexity index is 1270. The van der Waals surface area contributed by atoms with E-state index in [9.17, 15) is 19.2 Å². The molecule has 0 bridgehead atoms. The SMILES string of the molecule is CO/N=C(/C(=O)N[C@@H]1C(=O)N2C(C(=O)OCc3ccc(OC)cc3)=C(COC(N)=O)CS[C@H]12)c1ccco1. The van der Waals surface area contributed by atoms with Crippen molar-refractivity contribution >= 4 is 41.4 Å². The van der Waals surface area contributed by atoms with Crippen LogP contribution in [0.5, 0.6) is 5.75 Å². The van der Waals surface area contributed by atoms with E-state index < -0.39 is 35.3 Å². The number of esters is 1. The van der Waals surface area contributed by atoms with Crippen molar-refractivity contribution in [3.63, 3.8) is 0 Å². The average molecular weight is 545 g/mol. The zero-order chi connectivity index (χ0) is 27.2. The van der Waals surface area contributed by atoms with Crippen LogP contribution in [0.25, 0.3) is 0 Å². The number of carbonyl (C=O) groups excluding carboxylic acids is 4. The first-order chi connectivity index (χ1) is 18.3. The molecule has 13 nitrogen and oxygen atoms in total. The molecular formula is C24H24N4O9S. The topological polar surface area (TPSA) is 172 Å². The molecule has 0 aliphatic carbocycles. The Kier molecular flexibility index (Phi) is 8.21. The number of fused-ring (bicyclic) bond motifs is 1. The molecule has 0 radical (unpaired) electrons. The van der Waals surface area contributed by atoms with Crippen molar-refractivity contribution in [1.82, 2.24) is 10.2 Å². The molecule has 1 aromatic carbocycles. The molecule has 3 heterocycles. The third-order valence-corrected chi connectivity index (χ3v) is 6.94. The molecule has 0 spiro atoms. The van der Waals surface area contributed by atoms with E-state index in [4.69, 9.17) is 29.2 Å². The number of hydrogen-bond acceptors (Lipinski definition) is 11. The maximum Gasteiger partial charge on any atom is 0.404 e. The number of oxime groups is 1. The van der Waals surface area contributed by atoms with Crippen LogP contribution in [0.4, 0.5) is 4.79 Å². The molecule has 3 amide bonds. The molecule has 1 saturated heterocycles. The van der Waals surface area contributed by atoms with Crippen LogP contribution in [0.3, 0.4) is 0 Å². The van der Waals surface area contributed by atoms with Crippen LogP contribution < -0.4 is 15.8 Å². The first-order valence-electron chi connectivity index (χ1n) is 11.2. The fourth-order valence-corrected chi connectivity index (χ4v) is 5.12. The number of nitrogens with two attached hydrogens (primary N) is 1. The maximum atomic E-state index is 13.2.